The van der Waals surface area contributed by atoms with Crippen LogP contribution in [-0.4, -0.2) is 76.8 Å². The molecule has 2 aromatic carbocycles. The molecule has 1 saturated heterocycles. The van der Waals surface area contributed by atoms with Crippen molar-refractivity contribution in [1.82, 2.24) is 4.98 Å². The highest BCUT2D eigenvalue weighted by Gasteiger charge is 2.53. The minimum atomic E-state index is -1.38. The van der Waals surface area contributed by atoms with E-state index in [0.717, 1.165) is 25.5 Å². The SMILES string of the molecule is CC(=O)OC[C@H]1O[C@@H](Oc2ccc(/C(C)=N/c3nc4cc([N+](=O)[O-])ccc4s3)cc2)[C@H](OC(C)=O)[C@@H](OC(C)=O)[C@@H]1OC(C)=O. The van der Waals surface area contributed by atoms with Crippen LogP contribution in [0.25, 0.3) is 10.2 Å². The number of nitro groups is 1. The van der Waals surface area contributed by atoms with Gasteiger partial charge in [-0.05, 0) is 42.8 Å². The van der Waals surface area contributed by atoms with Crippen LogP contribution in [-0.2, 0) is 42.9 Å². The van der Waals surface area contributed by atoms with Crippen LogP contribution in [0.5, 0.6) is 5.75 Å². The highest BCUT2D eigenvalue weighted by Crippen LogP contribution is 2.33. The molecule has 1 fully saturated rings. The van der Waals surface area contributed by atoms with Gasteiger partial charge in [-0.1, -0.05) is 11.3 Å². The zero-order valence-corrected chi connectivity index (χ0v) is 25.6. The molecule has 15 nitrogen and oxygen atoms in total. The van der Waals surface area contributed by atoms with Gasteiger partial charge in [0.15, 0.2) is 12.2 Å². The normalized spacial score (nSPS) is 21.4. The van der Waals surface area contributed by atoms with Crippen molar-refractivity contribution in [3.05, 3.63) is 58.1 Å². The fraction of sp³-hybridized carbons (Fsp3) is 0.379. The molecule has 1 aromatic heterocycles. The molecule has 5 atom stereocenters. The minimum Gasteiger partial charge on any atom is -0.463 e. The van der Waals surface area contributed by atoms with Gasteiger partial charge in [-0.3, -0.25) is 29.3 Å². The lowest BCUT2D eigenvalue weighted by Gasteiger charge is -2.43. The first-order valence-corrected chi connectivity index (χ1v) is 14.3. The van der Waals surface area contributed by atoms with Gasteiger partial charge in [0.05, 0.1) is 15.1 Å². The molecule has 0 radical (unpaired) electrons. The summed E-state index contributed by atoms with van der Waals surface area (Å²) in [6.07, 6.45) is -6.56. The number of fused-ring (bicyclic) bond motifs is 1. The quantitative estimate of drug-likeness (QED) is 0.102. The molecule has 45 heavy (non-hydrogen) atoms. The maximum Gasteiger partial charge on any atom is 0.303 e. The Morgan fingerprint density at radius 3 is 2.11 bits per heavy atom. The summed E-state index contributed by atoms with van der Waals surface area (Å²) in [5.74, 6) is -2.62. The molecule has 0 N–H and O–H groups in total. The van der Waals surface area contributed by atoms with Gasteiger partial charge in [0, 0.05) is 45.5 Å². The molecule has 0 spiro atoms. The molecule has 0 amide bonds. The molecule has 0 unspecified atom stereocenters. The van der Waals surface area contributed by atoms with Crippen LogP contribution in [0.2, 0.25) is 0 Å². The lowest BCUT2D eigenvalue weighted by Crippen LogP contribution is -2.63. The Morgan fingerprint density at radius 1 is 0.889 bits per heavy atom. The molecule has 2 heterocycles. The molecule has 1 aliphatic rings. The Balaban J connectivity index is 1.58. The number of esters is 4. The van der Waals surface area contributed by atoms with Crippen molar-refractivity contribution in [1.29, 1.82) is 0 Å². The number of carbonyl (C=O) groups excluding carboxylic acids is 4. The van der Waals surface area contributed by atoms with E-state index in [4.69, 9.17) is 28.4 Å². The topological polar surface area (TPSA) is 192 Å². The van der Waals surface area contributed by atoms with E-state index in [1.165, 1.54) is 30.4 Å². The van der Waals surface area contributed by atoms with Crippen molar-refractivity contribution in [3.8, 4) is 5.75 Å². The van der Waals surface area contributed by atoms with Crippen LogP contribution >= 0.6 is 11.3 Å². The number of benzene rings is 2. The summed E-state index contributed by atoms with van der Waals surface area (Å²) in [6, 6.07) is 11.0. The first-order chi connectivity index (χ1) is 21.3. The monoisotopic (exact) mass is 643 g/mol. The van der Waals surface area contributed by atoms with Gasteiger partial charge >= 0.3 is 23.9 Å². The molecule has 0 bridgehead atoms. The zero-order chi connectivity index (χ0) is 32.8. The smallest absolute Gasteiger partial charge is 0.303 e. The average Bonchev–Trinajstić information content (AvgIpc) is 3.36. The molecule has 0 aliphatic carbocycles. The molecule has 16 heteroatoms. The van der Waals surface area contributed by atoms with E-state index in [9.17, 15) is 29.3 Å². The van der Waals surface area contributed by atoms with Gasteiger partial charge in [0.1, 0.15) is 18.5 Å². The van der Waals surface area contributed by atoms with Crippen LogP contribution in [0.15, 0.2) is 47.5 Å². The highest BCUT2D eigenvalue weighted by molar-refractivity contribution is 7.22. The van der Waals surface area contributed by atoms with Crippen molar-refractivity contribution in [2.75, 3.05) is 6.61 Å². The number of non-ortho nitro benzene ring substituents is 1. The molecular formula is C29H29N3O12S. The molecular weight excluding hydrogens is 614 g/mol. The largest absolute Gasteiger partial charge is 0.463 e. The molecule has 238 valence electrons. The number of nitro benzene ring substituents is 1. The first kappa shape index (κ1) is 32.9. The zero-order valence-electron chi connectivity index (χ0n) is 24.8. The van der Waals surface area contributed by atoms with E-state index in [2.05, 4.69) is 9.98 Å². The van der Waals surface area contributed by atoms with Crippen molar-refractivity contribution < 1.29 is 52.5 Å². The second-order valence-corrected chi connectivity index (χ2v) is 10.8. The second-order valence-electron chi connectivity index (χ2n) is 9.81. The van der Waals surface area contributed by atoms with E-state index >= 15 is 0 Å². The van der Waals surface area contributed by atoms with E-state index in [1.54, 1.807) is 37.3 Å². The van der Waals surface area contributed by atoms with Crippen molar-refractivity contribution in [2.45, 2.75) is 65.3 Å². The van der Waals surface area contributed by atoms with Crippen molar-refractivity contribution in [2.24, 2.45) is 4.99 Å². The molecule has 0 saturated carbocycles. The Hall–Kier alpha value is -4.96. The highest BCUT2D eigenvalue weighted by atomic mass is 32.1. The first-order valence-electron chi connectivity index (χ1n) is 13.5. The van der Waals surface area contributed by atoms with Gasteiger partial charge in [-0.2, -0.15) is 0 Å². The summed E-state index contributed by atoms with van der Waals surface area (Å²) >= 11 is 1.28. The van der Waals surface area contributed by atoms with Crippen molar-refractivity contribution in [3.63, 3.8) is 0 Å². The summed E-state index contributed by atoms with van der Waals surface area (Å²) in [6.45, 7) is 5.96. The number of carbonyl (C=O) groups is 4. The third-order valence-corrected chi connectivity index (χ3v) is 7.24. The summed E-state index contributed by atoms with van der Waals surface area (Å²) in [5, 5.41) is 11.5. The van der Waals surface area contributed by atoms with Crippen LogP contribution in [0.4, 0.5) is 10.8 Å². The van der Waals surface area contributed by atoms with Crippen LogP contribution in [0.1, 0.15) is 40.2 Å². The number of thiazole rings is 1. The lowest BCUT2D eigenvalue weighted by atomic mass is 9.98. The Bertz CT molecular complexity index is 1640. The van der Waals surface area contributed by atoms with Gasteiger partial charge < -0.3 is 28.4 Å². The average molecular weight is 644 g/mol. The lowest BCUT2D eigenvalue weighted by molar-refractivity contribution is -0.384. The van der Waals surface area contributed by atoms with Crippen molar-refractivity contribution >= 4 is 62.0 Å². The van der Waals surface area contributed by atoms with E-state index in [-0.39, 0.29) is 18.0 Å². The second kappa shape index (κ2) is 14.2. The molecule has 1 aliphatic heterocycles. The van der Waals surface area contributed by atoms with Crippen LogP contribution in [0.3, 0.4) is 0 Å². The van der Waals surface area contributed by atoms with Crippen LogP contribution < -0.4 is 4.74 Å². The summed E-state index contributed by atoms with van der Waals surface area (Å²) < 4.78 is 34.0. The van der Waals surface area contributed by atoms with Gasteiger partial charge in [0.25, 0.3) is 5.69 Å². The van der Waals surface area contributed by atoms with E-state index in [1.807, 2.05) is 0 Å². The maximum atomic E-state index is 12.0. The minimum absolute atomic E-state index is 0.0627. The third kappa shape index (κ3) is 8.57. The van der Waals surface area contributed by atoms with Gasteiger partial charge in [0.2, 0.25) is 17.5 Å². The third-order valence-electron chi connectivity index (χ3n) is 6.31. The Morgan fingerprint density at radius 2 is 1.51 bits per heavy atom. The maximum absolute atomic E-state index is 12.0. The summed E-state index contributed by atoms with van der Waals surface area (Å²) in [7, 11) is 0. The van der Waals surface area contributed by atoms with E-state index in [0.29, 0.717) is 21.9 Å². The predicted molar refractivity (Wildman–Crippen MR) is 157 cm³/mol. The Kier molecular flexibility index (Phi) is 10.4. The standard InChI is InChI=1S/C29H29N3O12S/c1-14(30-29-31-22-12-20(32(37)38)8-11-24(22)45-29)19-6-9-21(10-7-19)43-28-27(42-18(5)36)26(41-17(4)35)25(40-16(3)34)23(44-28)13-39-15(2)33/h6-12,23,25-28H,13H2,1-5H3/b30-14+/t23-,25-,26+,27-,28-/m1/s1. The number of ether oxygens (including phenoxy) is 6. The molecule has 4 rings (SSSR count). The number of aliphatic imine (C=N–C) groups is 1. The van der Waals surface area contributed by atoms with Gasteiger partial charge in [-0.25, -0.2) is 9.98 Å². The Labute approximate surface area is 260 Å². The number of aromatic nitrogens is 1. The summed E-state index contributed by atoms with van der Waals surface area (Å²) in [5.41, 5.74) is 1.71. The summed E-state index contributed by atoms with van der Waals surface area (Å²) in [4.78, 5) is 67.0. The number of hydrogen-bond acceptors (Lipinski definition) is 15. The fourth-order valence-corrected chi connectivity index (χ4v) is 5.33. The molecule has 3 aromatic rings. The van der Waals surface area contributed by atoms with E-state index < -0.39 is 59.5 Å². The predicted octanol–water partition coefficient (Wildman–Crippen LogP) is 3.81. The van der Waals surface area contributed by atoms with Gasteiger partial charge in [-0.15, -0.1) is 0 Å². The number of hydrogen-bond donors (Lipinski definition) is 0. The number of rotatable bonds is 10. The van der Waals surface area contributed by atoms with Crippen LogP contribution in [0, 0.1) is 10.1 Å². The fourth-order valence-electron chi connectivity index (χ4n) is 4.47. The number of nitrogens with zero attached hydrogens (tertiary/aromatic N) is 3.